The van der Waals surface area contributed by atoms with Crippen molar-refractivity contribution in [3.63, 3.8) is 0 Å². The molecule has 1 N–H and O–H groups in total. The Bertz CT molecular complexity index is 594. The highest BCUT2D eigenvalue weighted by Crippen LogP contribution is 2.32. The maximum absolute atomic E-state index is 13.8. The molecule has 0 radical (unpaired) electrons. The molecule has 2 rings (SSSR count). The summed E-state index contributed by atoms with van der Waals surface area (Å²) in [4.78, 5) is 0. The smallest absolute Gasteiger partial charge is 0.129 e. The zero-order chi connectivity index (χ0) is 14.7. The first-order valence-electron chi connectivity index (χ1n) is 5.91. The number of rotatable bonds is 4. The fraction of sp³-hybridized carbons (Fsp3) is 0.200. The molecule has 0 heterocycles. The van der Waals surface area contributed by atoms with Gasteiger partial charge in [-0.1, -0.05) is 15.9 Å². The molecule has 0 bridgehead atoms. The number of halogens is 2. The van der Waals surface area contributed by atoms with Gasteiger partial charge in [-0.25, -0.2) is 4.39 Å². The Labute approximate surface area is 125 Å². The number of hydrogen-bond acceptors (Lipinski definition) is 3. The molecule has 0 saturated carbocycles. The van der Waals surface area contributed by atoms with E-state index in [9.17, 15) is 9.50 Å². The second-order valence-electron chi connectivity index (χ2n) is 4.21. The van der Waals surface area contributed by atoms with E-state index in [0.717, 1.165) is 0 Å². The van der Waals surface area contributed by atoms with Crippen molar-refractivity contribution in [1.29, 1.82) is 0 Å². The van der Waals surface area contributed by atoms with Gasteiger partial charge in [0.2, 0.25) is 0 Å². The molecule has 0 amide bonds. The average Bonchev–Trinajstić information content (AvgIpc) is 2.48. The molecule has 0 aliphatic heterocycles. The first-order valence-corrected chi connectivity index (χ1v) is 6.70. The maximum Gasteiger partial charge on any atom is 0.129 e. The molecule has 0 fully saturated rings. The summed E-state index contributed by atoms with van der Waals surface area (Å²) in [5.41, 5.74) is 0.688. The largest absolute Gasteiger partial charge is 0.497 e. The summed E-state index contributed by atoms with van der Waals surface area (Å²) in [6, 6.07) is 9.41. The predicted octanol–water partition coefficient (Wildman–Crippen LogP) is 3.69. The first kappa shape index (κ1) is 14.8. The quantitative estimate of drug-likeness (QED) is 0.922. The van der Waals surface area contributed by atoms with Crippen LogP contribution < -0.4 is 9.47 Å². The Morgan fingerprint density at radius 1 is 1.05 bits per heavy atom. The van der Waals surface area contributed by atoms with Gasteiger partial charge >= 0.3 is 0 Å². The highest BCUT2D eigenvalue weighted by Gasteiger charge is 2.17. The molecule has 3 nitrogen and oxygen atoms in total. The minimum absolute atomic E-state index is 0.190. The second-order valence-corrected chi connectivity index (χ2v) is 5.13. The number of ether oxygens (including phenoxy) is 2. The molecule has 106 valence electrons. The lowest BCUT2D eigenvalue weighted by Gasteiger charge is -2.15. The van der Waals surface area contributed by atoms with Gasteiger partial charge in [0.1, 0.15) is 23.4 Å². The van der Waals surface area contributed by atoms with Gasteiger partial charge in [-0.2, -0.15) is 0 Å². The number of aliphatic hydroxyl groups is 1. The lowest BCUT2D eigenvalue weighted by molar-refractivity contribution is 0.213. The van der Waals surface area contributed by atoms with Crippen molar-refractivity contribution in [1.82, 2.24) is 0 Å². The van der Waals surface area contributed by atoms with Crippen LogP contribution in [0, 0.1) is 5.82 Å². The standard InChI is InChI=1S/C15H14BrFO3/c1-19-11-5-9(6-12(8-11)20-2)15(18)13-7-10(16)3-4-14(13)17/h3-8,15,18H,1-2H3. The summed E-state index contributed by atoms with van der Waals surface area (Å²) >= 11 is 3.27. The van der Waals surface area contributed by atoms with E-state index in [1.54, 1.807) is 30.3 Å². The van der Waals surface area contributed by atoms with Crippen molar-refractivity contribution in [2.24, 2.45) is 0 Å². The van der Waals surface area contributed by atoms with Crippen LogP contribution in [-0.2, 0) is 0 Å². The van der Waals surface area contributed by atoms with Crippen LogP contribution in [0.25, 0.3) is 0 Å². The molecule has 0 aromatic heterocycles. The normalized spacial score (nSPS) is 12.1. The van der Waals surface area contributed by atoms with Crippen LogP contribution in [-0.4, -0.2) is 19.3 Å². The van der Waals surface area contributed by atoms with Crippen molar-refractivity contribution >= 4 is 15.9 Å². The summed E-state index contributed by atoms with van der Waals surface area (Å²) < 4.78 is 24.8. The Balaban J connectivity index is 2.46. The van der Waals surface area contributed by atoms with Crippen LogP contribution in [0.2, 0.25) is 0 Å². The molecule has 2 aromatic carbocycles. The van der Waals surface area contributed by atoms with Crippen LogP contribution in [0.5, 0.6) is 11.5 Å². The van der Waals surface area contributed by atoms with Gasteiger partial charge in [-0.05, 0) is 35.9 Å². The highest BCUT2D eigenvalue weighted by atomic mass is 79.9. The fourth-order valence-electron chi connectivity index (χ4n) is 1.89. The minimum Gasteiger partial charge on any atom is -0.497 e. The zero-order valence-electron chi connectivity index (χ0n) is 11.1. The molecule has 5 heteroatoms. The molecule has 20 heavy (non-hydrogen) atoms. The zero-order valence-corrected chi connectivity index (χ0v) is 12.6. The van der Waals surface area contributed by atoms with Crippen LogP contribution in [0.15, 0.2) is 40.9 Å². The van der Waals surface area contributed by atoms with Crippen molar-refractivity contribution < 1.29 is 19.0 Å². The third-order valence-corrected chi connectivity index (χ3v) is 3.44. The van der Waals surface area contributed by atoms with E-state index in [0.29, 0.717) is 21.5 Å². The molecular weight excluding hydrogens is 327 g/mol. The lowest BCUT2D eigenvalue weighted by atomic mass is 10.0. The molecule has 2 aromatic rings. The number of aliphatic hydroxyl groups excluding tert-OH is 1. The topological polar surface area (TPSA) is 38.7 Å². The van der Waals surface area contributed by atoms with Crippen molar-refractivity contribution in [3.8, 4) is 11.5 Å². The molecule has 0 aliphatic carbocycles. The van der Waals surface area contributed by atoms with Crippen LogP contribution >= 0.6 is 15.9 Å². The van der Waals surface area contributed by atoms with E-state index in [2.05, 4.69) is 15.9 Å². The number of methoxy groups -OCH3 is 2. The van der Waals surface area contributed by atoms with Gasteiger partial charge in [0.15, 0.2) is 0 Å². The van der Waals surface area contributed by atoms with Crippen LogP contribution in [0.1, 0.15) is 17.2 Å². The van der Waals surface area contributed by atoms with E-state index in [4.69, 9.17) is 9.47 Å². The summed E-state index contributed by atoms with van der Waals surface area (Å²) in [7, 11) is 3.04. The molecule has 0 spiro atoms. The lowest BCUT2D eigenvalue weighted by Crippen LogP contribution is -2.03. The Morgan fingerprint density at radius 3 is 2.20 bits per heavy atom. The van der Waals surface area contributed by atoms with Gasteiger partial charge in [0.25, 0.3) is 0 Å². The molecular formula is C15H14BrFO3. The summed E-state index contributed by atoms with van der Waals surface area (Å²) in [5, 5.41) is 10.4. The number of hydrogen-bond donors (Lipinski definition) is 1. The molecule has 1 atom stereocenters. The minimum atomic E-state index is -1.10. The number of benzene rings is 2. The van der Waals surface area contributed by atoms with Gasteiger partial charge in [-0.3, -0.25) is 0 Å². The van der Waals surface area contributed by atoms with E-state index in [1.165, 1.54) is 20.3 Å². The third kappa shape index (κ3) is 3.11. The fourth-order valence-corrected chi connectivity index (χ4v) is 2.27. The Kier molecular flexibility index (Phi) is 4.62. The van der Waals surface area contributed by atoms with E-state index >= 15 is 0 Å². The van der Waals surface area contributed by atoms with Crippen molar-refractivity contribution in [2.75, 3.05) is 14.2 Å². The Morgan fingerprint density at radius 2 is 1.65 bits per heavy atom. The van der Waals surface area contributed by atoms with E-state index < -0.39 is 11.9 Å². The highest BCUT2D eigenvalue weighted by molar-refractivity contribution is 9.10. The molecule has 0 aliphatic rings. The van der Waals surface area contributed by atoms with Gasteiger partial charge in [0.05, 0.1) is 14.2 Å². The SMILES string of the molecule is COc1cc(OC)cc(C(O)c2cc(Br)ccc2F)c1. The average molecular weight is 341 g/mol. The van der Waals surface area contributed by atoms with Crippen LogP contribution in [0.4, 0.5) is 4.39 Å². The van der Waals surface area contributed by atoms with Gasteiger partial charge in [0, 0.05) is 16.1 Å². The Hall–Kier alpha value is -1.59. The summed E-state index contributed by atoms with van der Waals surface area (Å²) in [5.74, 6) is 0.602. The molecule has 0 saturated heterocycles. The first-order chi connectivity index (χ1) is 9.55. The van der Waals surface area contributed by atoms with Crippen molar-refractivity contribution in [3.05, 3.63) is 57.8 Å². The monoisotopic (exact) mass is 340 g/mol. The second kappa shape index (κ2) is 6.24. The van der Waals surface area contributed by atoms with Gasteiger partial charge in [-0.15, -0.1) is 0 Å². The van der Waals surface area contributed by atoms with E-state index in [1.807, 2.05) is 0 Å². The maximum atomic E-state index is 13.8. The van der Waals surface area contributed by atoms with Crippen molar-refractivity contribution in [2.45, 2.75) is 6.10 Å². The van der Waals surface area contributed by atoms with Crippen LogP contribution in [0.3, 0.4) is 0 Å². The predicted molar refractivity (Wildman–Crippen MR) is 77.7 cm³/mol. The summed E-state index contributed by atoms with van der Waals surface area (Å²) in [6.45, 7) is 0. The summed E-state index contributed by atoms with van der Waals surface area (Å²) in [6.07, 6.45) is -1.10. The molecule has 1 unspecified atom stereocenters. The van der Waals surface area contributed by atoms with Gasteiger partial charge < -0.3 is 14.6 Å². The van der Waals surface area contributed by atoms with E-state index in [-0.39, 0.29) is 5.56 Å². The third-order valence-electron chi connectivity index (χ3n) is 2.94.